The Labute approximate surface area is 181 Å². The quantitative estimate of drug-likeness (QED) is 0.405. The van der Waals surface area contributed by atoms with Crippen LogP contribution in [-0.2, 0) is 6.61 Å². The van der Waals surface area contributed by atoms with Crippen LogP contribution in [0.25, 0.3) is 16.6 Å². The summed E-state index contributed by atoms with van der Waals surface area (Å²) < 4.78 is 5.92. The Balaban J connectivity index is 1.47. The molecule has 6 nitrogen and oxygen atoms in total. The molecule has 0 amide bonds. The van der Waals surface area contributed by atoms with Crippen LogP contribution in [0.15, 0.2) is 79.4 Å². The minimum atomic E-state index is 0.449. The molecule has 156 valence electrons. The molecule has 0 unspecified atom stereocenters. The van der Waals surface area contributed by atoms with Crippen molar-refractivity contribution in [2.75, 3.05) is 11.9 Å². The second-order valence-electron chi connectivity index (χ2n) is 7.24. The molecule has 0 bridgehead atoms. The highest BCUT2D eigenvalue weighted by molar-refractivity contribution is 5.91. The fourth-order valence-electron chi connectivity index (χ4n) is 3.35. The van der Waals surface area contributed by atoms with Gasteiger partial charge in [0.1, 0.15) is 24.0 Å². The number of ether oxygens (including phenoxy) is 1. The molecule has 0 aliphatic heterocycles. The Kier molecular flexibility index (Phi) is 5.82. The van der Waals surface area contributed by atoms with Crippen LogP contribution in [0, 0.1) is 6.92 Å². The van der Waals surface area contributed by atoms with Crippen molar-refractivity contribution >= 4 is 28.1 Å². The highest BCUT2D eigenvalue weighted by Gasteiger charge is 2.12. The summed E-state index contributed by atoms with van der Waals surface area (Å²) in [6.07, 6.45) is 0. The average molecular weight is 412 g/mol. The first kappa shape index (κ1) is 20.4. The summed E-state index contributed by atoms with van der Waals surface area (Å²) in [5.41, 5.74) is 6.31. The smallest absolute Gasteiger partial charge is 0.144 e. The van der Waals surface area contributed by atoms with Crippen molar-refractivity contribution in [1.82, 2.24) is 15.4 Å². The topological polar surface area (TPSA) is 70.5 Å². The maximum absolute atomic E-state index is 8.92. The minimum absolute atomic E-state index is 0.449. The van der Waals surface area contributed by atoms with Crippen LogP contribution in [0.4, 0.5) is 11.5 Å². The van der Waals surface area contributed by atoms with E-state index in [9.17, 15) is 0 Å². The predicted octanol–water partition coefficient (Wildman–Crippen LogP) is 5.23. The molecule has 0 saturated heterocycles. The van der Waals surface area contributed by atoms with Gasteiger partial charge in [0.15, 0.2) is 0 Å². The second-order valence-corrected chi connectivity index (χ2v) is 7.24. The van der Waals surface area contributed by atoms with Crippen molar-refractivity contribution in [3.63, 3.8) is 0 Å². The van der Waals surface area contributed by atoms with Crippen molar-refractivity contribution in [3.8, 4) is 5.75 Å². The van der Waals surface area contributed by atoms with Crippen molar-refractivity contribution in [2.24, 2.45) is 0 Å². The van der Waals surface area contributed by atoms with Gasteiger partial charge < -0.3 is 9.64 Å². The Morgan fingerprint density at radius 2 is 1.71 bits per heavy atom. The number of nitrogens with zero attached hydrogens (tertiary/aromatic N) is 3. The van der Waals surface area contributed by atoms with E-state index in [1.165, 1.54) is 0 Å². The van der Waals surface area contributed by atoms with Crippen molar-refractivity contribution in [3.05, 3.63) is 96.3 Å². The molecule has 0 spiro atoms. The number of hydrogen-bond donors (Lipinski definition) is 2. The van der Waals surface area contributed by atoms with E-state index in [2.05, 4.69) is 26.9 Å². The van der Waals surface area contributed by atoms with Crippen molar-refractivity contribution in [2.45, 2.75) is 13.5 Å². The fourth-order valence-corrected chi connectivity index (χ4v) is 3.35. The number of hydroxylamine groups is 1. The van der Waals surface area contributed by atoms with Crippen molar-refractivity contribution in [1.29, 1.82) is 0 Å². The Morgan fingerprint density at radius 1 is 1.00 bits per heavy atom. The zero-order valence-corrected chi connectivity index (χ0v) is 17.5. The van der Waals surface area contributed by atoms with Crippen LogP contribution in [0.5, 0.6) is 5.75 Å². The largest absolute Gasteiger partial charge is 0.489 e. The van der Waals surface area contributed by atoms with Crippen LogP contribution in [0.1, 0.15) is 17.0 Å². The van der Waals surface area contributed by atoms with Gasteiger partial charge in [0.05, 0.1) is 11.2 Å². The Morgan fingerprint density at radius 3 is 2.42 bits per heavy atom. The van der Waals surface area contributed by atoms with Crippen LogP contribution in [0.2, 0.25) is 0 Å². The second kappa shape index (κ2) is 8.85. The third-order valence-electron chi connectivity index (χ3n) is 5.08. The van der Waals surface area contributed by atoms with Crippen LogP contribution < -0.4 is 15.1 Å². The van der Waals surface area contributed by atoms with Gasteiger partial charge in [-0.1, -0.05) is 43.0 Å². The molecular weight excluding hydrogens is 388 g/mol. The van der Waals surface area contributed by atoms with Crippen LogP contribution >= 0.6 is 0 Å². The normalized spacial score (nSPS) is 10.7. The molecule has 0 saturated carbocycles. The summed E-state index contributed by atoms with van der Waals surface area (Å²) >= 11 is 0. The first-order chi connectivity index (χ1) is 15.0. The van der Waals surface area contributed by atoms with Crippen LogP contribution in [-0.4, -0.2) is 22.2 Å². The number of aromatic nitrogens is 2. The lowest BCUT2D eigenvalue weighted by molar-refractivity contribution is 0.225. The van der Waals surface area contributed by atoms with Gasteiger partial charge in [-0.15, -0.1) is 0 Å². The van der Waals surface area contributed by atoms with E-state index in [1.807, 2.05) is 86.8 Å². The number of fused-ring (bicyclic) bond motifs is 1. The molecule has 6 heteroatoms. The van der Waals surface area contributed by atoms with Crippen molar-refractivity contribution < 1.29 is 9.94 Å². The van der Waals surface area contributed by atoms with E-state index in [0.29, 0.717) is 12.3 Å². The van der Waals surface area contributed by atoms with E-state index in [0.717, 1.165) is 45.1 Å². The third kappa shape index (κ3) is 4.49. The molecule has 4 aromatic rings. The summed E-state index contributed by atoms with van der Waals surface area (Å²) in [5, 5.41) is 9.94. The molecule has 1 heterocycles. The molecule has 0 aliphatic rings. The van der Waals surface area contributed by atoms with Gasteiger partial charge in [0.25, 0.3) is 0 Å². The highest BCUT2D eigenvalue weighted by atomic mass is 16.5. The SMILES string of the molecule is C=C(NO)c1ccc(COc2ccc(N(C)c3nc(C)nc4ccccc34)cc2)cc1. The number of benzene rings is 3. The zero-order valence-electron chi connectivity index (χ0n) is 17.5. The van der Waals surface area contributed by atoms with E-state index in [1.54, 1.807) is 0 Å². The summed E-state index contributed by atoms with van der Waals surface area (Å²) in [5.74, 6) is 2.40. The van der Waals surface area contributed by atoms with Gasteiger partial charge >= 0.3 is 0 Å². The third-order valence-corrected chi connectivity index (χ3v) is 5.08. The lowest BCUT2D eigenvalue weighted by Crippen LogP contribution is -2.13. The molecule has 4 rings (SSSR count). The first-order valence-corrected chi connectivity index (χ1v) is 9.93. The molecule has 31 heavy (non-hydrogen) atoms. The van der Waals surface area contributed by atoms with Gasteiger partial charge in [0, 0.05) is 18.1 Å². The summed E-state index contributed by atoms with van der Waals surface area (Å²) in [6.45, 7) is 6.08. The van der Waals surface area contributed by atoms with E-state index >= 15 is 0 Å². The number of anilines is 2. The number of para-hydroxylation sites is 1. The molecule has 1 aromatic heterocycles. The number of rotatable bonds is 7. The number of nitrogens with one attached hydrogen (secondary N) is 1. The van der Waals surface area contributed by atoms with Gasteiger partial charge in [-0.2, -0.15) is 0 Å². The standard InChI is InChI=1S/C25H24N4O2/c1-17(28-30)20-10-8-19(9-11-20)16-31-22-14-12-21(13-15-22)29(3)25-23-6-4-5-7-24(23)26-18(2)27-25/h4-15,28,30H,1,16H2,2-3H3. The average Bonchev–Trinajstić information content (AvgIpc) is 2.82. The molecule has 0 aliphatic carbocycles. The summed E-state index contributed by atoms with van der Waals surface area (Å²) in [6, 6.07) is 23.6. The summed E-state index contributed by atoms with van der Waals surface area (Å²) in [7, 11) is 2.00. The first-order valence-electron chi connectivity index (χ1n) is 9.93. The molecule has 0 fully saturated rings. The van der Waals surface area contributed by atoms with Gasteiger partial charge in [-0.3, -0.25) is 10.7 Å². The minimum Gasteiger partial charge on any atom is -0.489 e. The lowest BCUT2D eigenvalue weighted by atomic mass is 10.1. The van der Waals surface area contributed by atoms with Gasteiger partial charge in [-0.05, 0) is 54.4 Å². The van der Waals surface area contributed by atoms with E-state index in [-0.39, 0.29) is 0 Å². The Hall–Kier alpha value is -3.90. The monoisotopic (exact) mass is 412 g/mol. The number of hydrogen-bond acceptors (Lipinski definition) is 6. The maximum atomic E-state index is 8.92. The lowest BCUT2D eigenvalue weighted by Gasteiger charge is -2.20. The molecule has 0 atom stereocenters. The molecule has 2 N–H and O–H groups in total. The predicted molar refractivity (Wildman–Crippen MR) is 124 cm³/mol. The fraction of sp³-hybridized carbons (Fsp3) is 0.120. The maximum Gasteiger partial charge on any atom is 0.144 e. The Bertz CT molecular complexity index is 1200. The highest BCUT2D eigenvalue weighted by Crippen LogP contribution is 2.30. The molecule has 0 radical (unpaired) electrons. The molecule has 3 aromatic carbocycles. The molecular formula is C25H24N4O2. The van der Waals surface area contributed by atoms with Gasteiger partial charge in [0.2, 0.25) is 0 Å². The van der Waals surface area contributed by atoms with Crippen LogP contribution in [0.3, 0.4) is 0 Å². The number of aryl methyl sites for hydroxylation is 1. The van der Waals surface area contributed by atoms with E-state index in [4.69, 9.17) is 9.94 Å². The van der Waals surface area contributed by atoms with E-state index < -0.39 is 0 Å². The zero-order chi connectivity index (χ0) is 21.8. The van der Waals surface area contributed by atoms with Gasteiger partial charge in [-0.25, -0.2) is 9.97 Å². The summed E-state index contributed by atoms with van der Waals surface area (Å²) in [4.78, 5) is 11.2.